The third kappa shape index (κ3) is 3.61. The van der Waals surface area contributed by atoms with Crippen LogP contribution >= 0.6 is 0 Å². The molecule has 0 aliphatic rings. The topological polar surface area (TPSA) is 86.6 Å². The van der Waals surface area contributed by atoms with Crippen LogP contribution in [0.3, 0.4) is 0 Å². The number of amides is 1. The van der Waals surface area contributed by atoms with Gasteiger partial charge in [-0.05, 0) is 18.6 Å². The molecule has 0 aliphatic carbocycles. The first-order valence-corrected chi connectivity index (χ1v) is 4.80. The number of aryl methyl sites for hydroxylation is 1. The number of nitrogens with one attached hydrogen (secondary N) is 1. The van der Waals surface area contributed by atoms with Gasteiger partial charge in [-0.2, -0.15) is 0 Å². The molecular formula is C11H13NO4. The molecule has 0 unspecified atom stereocenters. The summed E-state index contributed by atoms with van der Waals surface area (Å²) in [5.74, 6) is -1.30. The second kappa shape index (κ2) is 5.16. The van der Waals surface area contributed by atoms with Crippen LogP contribution in [0.15, 0.2) is 18.2 Å². The Hall–Kier alpha value is -2.04. The van der Waals surface area contributed by atoms with Gasteiger partial charge >= 0.3 is 5.97 Å². The number of carbonyl (C=O) groups excluding carboxylic acids is 1. The predicted molar refractivity (Wildman–Crippen MR) is 58.3 cm³/mol. The Morgan fingerprint density at radius 2 is 2.00 bits per heavy atom. The summed E-state index contributed by atoms with van der Waals surface area (Å²) >= 11 is 0. The number of carboxylic acids is 1. The van der Waals surface area contributed by atoms with Gasteiger partial charge in [-0.3, -0.25) is 9.59 Å². The summed E-state index contributed by atoms with van der Waals surface area (Å²) in [7, 11) is 0. The Balaban J connectivity index is 2.56. The lowest BCUT2D eigenvalue weighted by Crippen LogP contribution is -2.13. The molecule has 16 heavy (non-hydrogen) atoms. The quantitative estimate of drug-likeness (QED) is 0.722. The van der Waals surface area contributed by atoms with Crippen molar-refractivity contribution in [2.24, 2.45) is 0 Å². The van der Waals surface area contributed by atoms with Crippen molar-refractivity contribution >= 4 is 17.6 Å². The minimum atomic E-state index is -1.01. The molecule has 0 saturated carbocycles. The Labute approximate surface area is 92.7 Å². The number of benzene rings is 1. The third-order valence-corrected chi connectivity index (χ3v) is 2.06. The maximum absolute atomic E-state index is 11.3. The van der Waals surface area contributed by atoms with E-state index in [2.05, 4.69) is 5.32 Å². The molecule has 0 bridgehead atoms. The highest BCUT2D eigenvalue weighted by molar-refractivity contribution is 5.92. The fraction of sp³-hybridized carbons (Fsp3) is 0.273. The molecule has 0 saturated heterocycles. The SMILES string of the molecule is Cc1ccc(NC(=O)CCC(=O)O)cc1O. The van der Waals surface area contributed by atoms with Gasteiger partial charge in [0.25, 0.3) is 0 Å². The number of carboxylic acid groups (broad SMARTS) is 1. The van der Waals surface area contributed by atoms with E-state index in [0.717, 1.165) is 0 Å². The van der Waals surface area contributed by atoms with E-state index in [1.165, 1.54) is 6.07 Å². The van der Waals surface area contributed by atoms with E-state index in [4.69, 9.17) is 5.11 Å². The molecule has 0 fully saturated rings. The van der Waals surface area contributed by atoms with Crippen LogP contribution in [0.1, 0.15) is 18.4 Å². The highest BCUT2D eigenvalue weighted by Gasteiger charge is 2.06. The molecule has 3 N–H and O–H groups in total. The molecule has 0 radical (unpaired) electrons. The number of aromatic hydroxyl groups is 1. The number of phenols is 1. The van der Waals surface area contributed by atoms with Crippen LogP contribution in [0, 0.1) is 6.92 Å². The zero-order valence-corrected chi connectivity index (χ0v) is 8.86. The average Bonchev–Trinajstić information content (AvgIpc) is 2.21. The fourth-order valence-electron chi connectivity index (χ4n) is 1.13. The molecule has 1 aromatic rings. The molecule has 0 spiro atoms. The van der Waals surface area contributed by atoms with E-state index in [1.54, 1.807) is 19.1 Å². The van der Waals surface area contributed by atoms with Gasteiger partial charge in [0.2, 0.25) is 5.91 Å². The van der Waals surface area contributed by atoms with Gasteiger partial charge < -0.3 is 15.5 Å². The van der Waals surface area contributed by atoms with Crippen molar-refractivity contribution in [1.82, 2.24) is 0 Å². The van der Waals surface area contributed by atoms with Gasteiger partial charge in [-0.15, -0.1) is 0 Å². The first-order valence-electron chi connectivity index (χ1n) is 4.80. The first kappa shape index (κ1) is 12.0. The summed E-state index contributed by atoms with van der Waals surface area (Å²) < 4.78 is 0. The van der Waals surface area contributed by atoms with Crippen LogP contribution < -0.4 is 5.32 Å². The number of hydrogen-bond acceptors (Lipinski definition) is 3. The van der Waals surface area contributed by atoms with Gasteiger partial charge in [0.15, 0.2) is 0 Å². The largest absolute Gasteiger partial charge is 0.508 e. The van der Waals surface area contributed by atoms with E-state index in [9.17, 15) is 14.7 Å². The molecule has 0 atom stereocenters. The fourth-order valence-corrected chi connectivity index (χ4v) is 1.13. The second-order valence-corrected chi connectivity index (χ2v) is 3.44. The predicted octanol–water partition coefficient (Wildman–Crippen LogP) is 1.50. The number of hydrogen-bond donors (Lipinski definition) is 3. The summed E-state index contributed by atoms with van der Waals surface area (Å²) in [6.45, 7) is 1.74. The molecular weight excluding hydrogens is 210 g/mol. The molecule has 1 amide bonds. The lowest BCUT2D eigenvalue weighted by atomic mass is 10.2. The molecule has 0 aromatic heterocycles. The van der Waals surface area contributed by atoms with Crippen LogP contribution in [0.2, 0.25) is 0 Å². The highest BCUT2D eigenvalue weighted by Crippen LogP contribution is 2.20. The van der Waals surface area contributed by atoms with E-state index < -0.39 is 5.97 Å². The molecule has 5 heteroatoms. The van der Waals surface area contributed by atoms with E-state index in [0.29, 0.717) is 11.3 Å². The van der Waals surface area contributed by atoms with Crippen molar-refractivity contribution in [3.63, 3.8) is 0 Å². The number of rotatable bonds is 4. The Morgan fingerprint density at radius 1 is 1.31 bits per heavy atom. The average molecular weight is 223 g/mol. The minimum absolute atomic E-state index is 0.0794. The van der Waals surface area contributed by atoms with E-state index in [1.807, 2.05) is 0 Å². The van der Waals surface area contributed by atoms with Crippen molar-refractivity contribution in [2.75, 3.05) is 5.32 Å². The number of aliphatic carboxylic acids is 1. The first-order chi connectivity index (χ1) is 7.49. The molecule has 86 valence electrons. The van der Waals surface area contributed by atoms with Crippen LogP contribution in [0.5, 0.6) is 5.75 Å². The summed E-state index contributed by atoms with van der Waals surface area (Å²) in [6.07, 6.45) is -0.284. The highest BCUT2D eigenvalue weighted by atomic mass is 16.4. The number of phenolic OH excluding ortho intramolecular Hbond substituents is 1. The maximum Gasteiger partial charge on any atom is 0.303 e. The van der Waals surface area contributed by atoms with E-state index >= 15 is 0 Å². The lowest BCUT2D eigenvalue weighted by molar-refractivity contribution is -0.138. The lowest BCUT2D eigenvalue weighted by Gasteiger charge is -2.05. The van der Waals surface area contributed by atoms with Gasteiger partial charge in [0.05, 0.1) is 6.42 Å². The van der Waals surface area contributed by atoms with E-state index in [-0.39, 0.29) is 24.5 Å². The van der Waals surface area contributed by atoms with Gasteiger partial charge in [-0.1, -0.05) is 6.07 Å². The van der Waals surface area contributed by atoms with Gasteiger partial charge in [0, 0.05) is 18.2 Å². The second-order valence-electron chi connectivity index (χ2n) is 3.44. The summed E-state index contributed by atoms with van der Waals surface area (Å²) in [4.78, 5) is 21.5. The van der Waals surface area contributed by atoms with Gasteiger partial charge in [-0.25, -0.2) is 0 Å². The van der Waals surface area contributed by atoms with Crippen molar-refractivity contribution < 1.29 is 19.8 Å². The van der Waals surface area contributed by atoms with Crippen LogP contribution in [0.4, 0.5) is 5.69 Å². The summed E-state index contributed by atoms with van der Waals surface area (Å²) in [6, 6.07) is 4.74. The summed E-state index contributed by atoms with van der Waals surface area (Å²) in [5, 5.41) is 20.3. The Bertz CT molecular complexity index is 414. The Kier molecular flexibility index (Phi) is 3.88. The van der Waals surface area contributed by atoms with Crippen molar-refractivity contribution in [3.05, 3.63) is 23.8 Å². The number of anilines is 1. The van der Waals surface area contributed by atoms with Crippen molar-refractivity contribution in [3.8, 4) is 5.75 Å². The van der Waals surface area contributed by atoms with Crippen LogP contribution in [-0.4, -0.2) is 22.1 Å². The normalized spacial score (nSPS) is 9.81. The molecule has 1 rings (SSSR count). The standard InChI is InChI=1S/C11H13NO4/c1-7-2-3-8(6-9(7)13)12-10(14)4-5-11(15)16/h2-3,6,13H,4-5H2,1H3,(H,12,14)(H,15,16). The molecule has 0 heterocycles. The third-order valence-electron chi connectivity index (χ3n) is 2.06. The molecule has 0 aliphatic heterocycles. The van der Waals surface area contributed by atoms with Crippen LogP contribution in [-0.2, 0) is 9.59 Å². The number of carbonyl (C=O) groups is 2. The van der Waals surface area contributed by atoms with Gasteiger partial charge in [0.1, 0.15) is 5.75 Å². The van der Waals surface area contributed by atoms with Crippen molar-refractivity contribution in [2.45, 2.75) is 19.8 Å². The zero-order valence-electron chi connectivity index (χ0n) is 8.86. The van der Waals surface area contributed by atoms with Crippen molar-refractivity contribution in [1.29, 1.82) is 0 Å². The van der Waals surface area contributed by atoms with Crippen LogP contribution in [0.25, 0.3) is 0 Å². The smallest absolute Gasteiger partial charge is 0.303 e. The molecule has 1 aromatic carbocycles. The minimum Gasteiger partial charge on any atom is -0.508 e. The summed E-state index contributed by atoms with van der Waals surface area (Å²) in [5.41, 5.74) is 1.17. The molecule has 5 nitrogen and oxygen atoms in total. The maximum atomic E-state index is 11.3. The monoisotopic (exact) mass is 223 g/mol. The Morgan fingerprint density at radius 3 is 2.56 bits per heavy atom. The zero-order chi connectivity index (χ0) is 12.1.